The van der Waals surface area contributed by atoms with Gasteiger partial charge in [0.05, 0.1) is 6.10 Å². The number of hydrogen-bond donors (Lipinski definition) is 1. The van der Waals surface area contributed by atoms with Gasteiger partial charge in [0.1, 0.15) is 0 Å². The molecule has 2 nitrogen and oxygen atoms in total. The highest BCUT2D eigenvalue weighted by Crippen LogP contribution is 2.31. The van der Waals surface area contributed by atoms with Crippen molar-refractivity contribution < 1.29 is 5.11 Å². The minimum absolute atomic E-state index is 0.324. The molecule has 0 radical (unpaired) electrons. The molecule has 1 aromatic rings. The first kappa shape index (κ1) is 11.6. The molecular weight excluding hydrogens is 198 g/mol. The first-order valence-corrected chi connectivity index (χ1v) is 6.35. The van der Waals surface area contributed by atoms with E-state index in [1.165, 1.54) is 32.1 Å². The van der Waals surface area contributed by atoms with Gasteiger partial charge in [-0.15, -0.1) is 0 Å². The number of aliphatic hydroxyl groups is 1. The van der Waals surface area contributed by atoms with Gasteiger partial charge in [0.2, 0.25) is 0 Å². The van der Waals surface area contributed by atoms with Crippen LogP contribution < -0.4 is 0 Å². The van der Waals surface area contributed by atoms with Crippen LogP contribution in [0.5, 0.6) is 0 Å². The molecule has 1 aliphatic carbocycles. The molecular formula is C14H21NO. The fourth-order valence-electron chi connectivity index (χ4n) is 2.64. The van der Waals surface area contributed by atoms with Gasteiger partial charge in [0.25, 0.3) is 0 Å². The first-order chi connectivity index (χ1) is 7.75. The maximum atomic E-state index is 10.2. The van der Waals surface area contributed by atoms with Crippen LogP contribution >= 0.6 is 0 Å². The van der Waals surface area contributed by atoms with Crippen molar-refractivity contribution in [3.8, 4) is 0 Å². The summed E-state index contributed by atoms with van der Waals surface area (Å²) in [7, 11) is 0. The third-order valence-corrected chi connectivity index (χ3v) is 3.56. The second-order valence-corrected chi connectivity index (χ2v) is 5.05. The monoisotopic (exact) mass is 219 g/mol. The average Bonchev–Trinajstić information content (AvgIpc) is 2.30. The predicted octanol–water partition coefficient (Wildman–Crippen LogP) is 3.39. The number of pyridine rings is 1. The molecule has 0 saturated heterocycles. The highest BCUT2D eigenvalue weighted by Gasteiger charge is 2.18. The summed E-state index contributed by atoms with van der Waals surface area (Å²) in [6.07, 6.45) is 10.8. The van der Waals surface area contributed by atoms with Crippen molar-refractivity contribution >= 4 is 0 Å². The molecule has 0 aromatic carbocycles. The number of rotatable bonds is 3. The zero-order valence-electron chi connectivity index (χ0n) is 10.0. The van der Waals surface area contributed by atoms with Crippen LogP contribution in [0, 0.1) is 12.8 Å². The Labute approximate surface area is 97.7 Å². The molecule has 88 valence electrons. The lowest BCUT2D eigenvalue weighted by Gasteiger charge is -2.24. The minimum atomic E-state index is -0.324. The lowest BCUT2D eigenvalue weighted by atomic mass is 9.84. The van der Waals surface area contributed by atoms with E-state index >= 15 is 0 Å². The maximum Gasteiger partial charge on any atom is 0.0807 e. The average molecular weight is 219 g/mol. The molecule has 0 spiro atoms. The van der Waals surface area contributed by atoms with Crippen LogP contribution in [0.4, 0.5) is 0 Å². The molecule has 16 heavy (non-hydrogen) atoms. The van der Waals surface area contributed by atoms with Gasteiger partial charge >= 0.3 is 0 Å². The molecule has 2 rings (SSSR count). The van der Waals surface area contributed by atoms with Gasteiger partial charge < -0.3 is 5.11 Å². The summed E-state index contributed by atoms with van der Waals surface area (Å²) >= 11 is 0. The molecule has 0 bridgehead atoms. The predicted molar refractivity (Wildman–Crippen MR) is 65.1 cm³/mol. The fourth-order valence-corrected chi connectivity index (χ4v) is 2.64. The van der Waals surface area contributed by atoms with Crippen molar-refractivity contribution in [3.63, 3.8) is 0 Å². The Kier molecular flexibility index (Phi) is 3.94. The van der Waals surface area contributed by atoms with E-state index in [1.54, 1.807) is 6.20 Å². The standard InChI is InChI=1S/C14H21NO/c1-11-7-13(10-15-9-11)14(16)8-12-5-3-2-4-6-12/h7,9-10,12,14,16H,2-6,8H2,1H3. The van der Waals surface area contributed by atoms with Gasteiger partial charge in [-0.3, -0.25) is 4.98 Å². The molecule has 1 heterocycles. The summed E-state index contributed by atoms with van der Waals surface area (Å²) in [5, 5.41) is 10.2. The van der Waals surface area contributed by atoms with E-state index in [2.05, 4.69) is 4.98 Å². The van der Waals surface area contributed by atoms with Crippen LogP contribution in [0.25, 0.3) is 0 Å². The second kappa shape index (κ2) is 5.44. The Morgan fingerprint density at radius 2 is 2.06 bits per heavy atom. The third-order valence-electron chi connectivity index (χ3n) is 3.56. The molecule has 1 saturated carbocycles. The van der Waals surface area contributed by atoms with E-state index in [0.717, 1.165) is 17.5 Å². The van der Waals surface area contributed by atoms with E-state index in [0.29, 0.717) is 5.92 Å². The van der Waals surface area contributed by atoms with Crippen LogP contribution in [0.3, 0.4) is 0 Å². The van der Waals surface area contributed by atoms with Crippen LogP contribution in [-0.2, 0) is 0 Å². The van der Waals surface area contributed by atoms with E-state index < -0.39 is 0 Å². The Morgan fingerprint density at radius 3 is 2.75 bits per heavy atom. The van der Waals surface area contributed by atoms with Gasteiger partial charge in [0, 0.05) is 12.4 Å². The van der Waals surface area contributed by atoms with Crippen LogP contribution in [0.15, 0.2) is 18.5 Å². The molecule has 0 amide bonds. The topological polar surface area (TPSA) is 33.1 Å². The largest absolute Gasteiger partial charge is 0.388 e. The van der Waals surface area contributed by atoms with E-state index in [-0.39, 0.29) is 6.10 Å². The summed E-state index contributed by atoms with van der Waals surface area (Å²) in [4.78, 5) is 4.14. The van der Waals surface area contributed by atoms with Gasteiger partial charge in [-0.1, -0.05) is 38.2 Å². The number of aromatic nitrogens is 1. The Hall–Kier alpha value is -0.890. The van der Waals surface area contributed by atoms with Gasteiger partial charge in [-0.2, -0.15) is 0 Å². The van der Waals surface area contributed by atoms with Crippen LogP contribution in [0.1, 0.15) is 55.8 Å². The van der Waals surface area contributed by atoms with Crippen LogP contribution in [-0.4, -0.2) is 10.1 Å². The van der Waals surface area contributed by atoms with Gasteiger partial charge in [0.15, 0.2) is 0 Å². The Morgan fingerprint density at radius 1 is 1.31 bits per heavy atom. The zero-order valence-corrected chi connectivity index (χ0v) is 10.0. The van der Waals surface area contributed by atoms with E-state index in [4.69, 9.17) is 0 Å². The molecule has 1 N–H and O–H groups in total. The zero-order chi connectivity index (χ0) is 11.4. The summed E-state index contributed by atoms with van der Waals surface area (Å²) < 4.78 is 0. The van der Waals surface area contributed by atoms with Gasteiger partial charge in [-0.05, 0) is 30.4 Å². The van der Waals surface area contributed by atoms with E-state index in [9.17, 15) is 5.11 Å². The number of aliphatic hydroxyl groups excluding tert-OH is 1. The van der Waals surface area contributed by atoms with Crippen molar-refractivity contribution in [2.24, 2.45) is 5.92 Å². The Bertz CT molecular complexity index is 331. The normalized spacial score (nSPS) is 19.6. The first-order valence-electron chi connectivity index (χ1n) is 6.35. The summed E-state index contributed by atoms with van der Waals surface area (Å²) in [5.74, 6) is 0.712. The highest BCUT2D eigenvalue weighted by molar-refractivity contribution is 5.18. The maximum absolute atomic E-state index is 10.2. The number of aryl methyl sites for hydroxylation is 1. The second-order valence-electron chi connectivity index (χ2n) is 5.05. The minimum Gasteiger partial charge on any atom is -0.388 e. The highest BCUT2D eigenvalue weighted by atomic mass is 16.3. The molecule has 1 aliphatic rings. The molecule has 1 fully saturated rings. The van der Waals surface area contributed by atoms with Crippen molar-refractivity contribution in [1.29, 1.82) is 0 Å². The van der Waals surface area contributed by atoms with Gasteiger partial charge in [-0.25, -0.2) is 0 Å². The number of hydrogen-bond acceptors (Lipinski definition) is 2. The lowest BCUT2D eigenvalue weighted by molar-refractivity contribution is 0.131. The fraction of sp³-hybridized carbons (Fsp3) is 0.643. The molecule has 1 aromatic heterocycles. The summed E-state index contributed by atoms with van der Waals surface area (Å²) in [5.41, 5.74) is 2.10. The molecule has 0 aliphatic heterocycles. The van der Waals surface area contributed by atoms with Crippen molar-refractivity contribution in [2.75, 3.05) is 0 Å². The summed E-state index contributed by atoms with van der Waals surface area (Å²) in [6.45, 7) is 2.02. The Balaban J connectivity index is 1.94. The lowest BCUT2D eigenvalue weighted by Crippen LogP contribution is -2.11. The summed E-state index contributed by atoms with van der Waals surface area (Å²) in [6, 6.07) is 2.04. The molecule has 1 atom stereocenters. The van der Waals surface area contributed by atoms with Crippen molar-refractivity contribution in [1.82, 2.24) is 4.98 Å². The SMILES string of the molecule is Cc1cncc(C(O)CC2CCCCC2)c1. The molecule has 2 heteroatoms. The molecule has 1 unspecified atom stereocenters. The van der Waals surface area contributed by atoms with Crippen molar-refractivity contribution in [2.45, 2.75) is 51.6 Å². The van der Waals surface area contributed by atoms with Crippen LogP contribution in [0.2, 0.25) is 0 Å². The quantitative estimate of drug-likeness (QED) is 0.845. The smallest absolute Gasteiger partial charge is 0.0807 e. The van der Waals surface area contributed by atoms with E-state index in [1.807, 2.05) is 19.2 Å². The number of nitrogens with zero attached hydrogens (tertiary/aromatic N) is 1. The third kappa shape index (κ3) is 3.05. The van der Waals surface area contributed by atoms with Crippen molar-refractivity contribution in [3.05, 3.63) is 29.6 Å².